The number of esters is 1. The highest BCUT2D eigenvalue weighted by Crippen LogP contribution is 2.39. The second kappa shape index (κ2) is 5.50. The van der Waals surface area contributed by atoms with E-state index < -0.39 is 0 Å². The molecule has 94 valence electrons. The Morgan fingerprint density at radius 2 is 2.24 bits per heavy atom. The van der Waals surface area contributed by atoms with Crippen LogP contribution in [0.3, 0.4) is 0 Å². The molecule has 3 unspecified atom stereocenters. The molecule has 2 aliphatic rings. The van der Waals surface area contributed by atoms with Crippen LogP contribution in [0, 0.1) is 17.2 Å². The smallest absolute Gasteiger partial charge is 0.323 e. The van der Waals surface area contributed by atoms with Gasteiger partial charge >= 0.3 is 5.97 Å². The van der Waals surface area contributed by atoms with Gasteiger partial charge in [0.05, 0.1) is 13.2 Å². The molecule has 0 aromatic heterocycles. The summed E-state index contributed by atoms with van der Waals surface area (Å²) >= 11 is 0. The van der Waals surface area contributed by atoms with Crippen LogP contribution < -0.4 is 0 Å². The Bertz CT molecular complexity index is 324. The molecule has 1 saturated heterocycles. The van der Waals surface area contributed by atoms with E-state index in [-0.39, 0.29) is 12.0 Å². The summed E-state index contributed by atoms with van der Waals surface area (Å²) < 4.78 is 4.89. The van der Waals surface area contributed by atoms with E-state index in [9.17, 15) is 4.79 Å². The molecule has 4 nitrogen and oxygen atoms in total. The quantitative estimate of drug-likeness (QED) is 0.700. The maximum Gasteiger partial charge on any atom is 0.323 e. The lowest BCUT2D eigenvalue weighted by Crippen LogP contribution is -2.43. The van der Waals surface area contributed by atoms with Crippen LogP contribution in [0.25, 0.3) is 0 Å². The monoisotopic (exact) mass is 236 g/mol. The van der Waals surface area contributed by atoms with Gasteiger partial charge in [-0.05, 0) is 25.2 Å². The molecule has 3 atom stereocenters. The first-order chi connectivity index (χ1) is 8.27. The van der Waals surface area contributed by atoms with Gasteiger partial charge in [-0.15, -0.1) is 0 Å². The van der Waals surface area contributed by atoms with Crippen LogP contribution >= 0.6 is 0 Å². The molecular weight excluding hydrogens is 216 g/mol. The third-order valence-corrected chi connectivity index (χ3v) is 4.18. The second-order valence-corrected chi connectivity index (χ2v) is 5.03. The number of nitriles is 1. The van der Waals surface area contributed by atoms with Crippen molar-refractivity contribution in [2.24, 2.45) is 5.92 Å². The summed E-state index contributed by atoms with van der Waals surface area (Å²) in [4.78, 5) is 14.0. The summed E-state index contributed by atoms with van der Waals surface area (Å²) in [7, 11) is 1.45. The van der Waals surface area contributed by atoms with Crippen molar-refractivity contribution in [3.05, 3.63) is 0 Å². The van der Waals surface area contributed by atoms with Gasteiger partial charge in [-0.25, -0.2) is 0 Å². The molecule has 1 aliphatic heterocycles. The number of methoxy groups -OCH3 is 1. The summed E-state index contributed by atoms with van der Waals surface area (Å²) in [5, 5.41) is 8.71. The van der Waals surface area contributed by atoms with Crippen molar-refractivity contribution in [3.63, 3.8) is 0 Å². The van der Waals surface area contributed by atoms with Gasteiger partial charge in [-0.1, -0.05) is 12.8 Å². The first-order valence-corrected chi connectivity index (χ1v) is 6.48. The van der Waals surface area contributed by atoms with Gasteiger partial charge in [0.1, 0.15) is 6.04 Å². The van der Waals surface area contributed by atoms with Crippen molar-refractivity contribution in [2.75, 3.05) is 13.7 Å². The number of nitrogens with zero attached hydrogens (tertiary/aromatic N) is 2. The Morgan fingerprint density at radius 1 is 1.47 bits per heavy atom. The van der Waals surface area contributed by atoms with Crippen molar-refractivity contribution in [1.82, 2.24) is 4.90 Å². The molecule has 17 heavy (non-hydrogen) atoms. The highest BCUT2D eigenvalue weighted by atomic mass is 16.5. The number of hydrogen-bond acceptors (Lipinski definition) is 4. The number of carbonyl (C=O) groups excluding carboxylic acids is 1. The largest absolute Gasteiger partial charge is 0.468 e. The van der Waals surface area contributed by atoms with E-state index in [2.05, 4.69) is 11.0 Å². The van der Waals surface area contributed by atoms with E-state index in [1.165, 1.54) is 32.8 Å². The molecule has 2 fully saturated rings. The molecule has 0 aromatic rings. The number of fused-ring (bicyclic) bond motifs is 1. The summed E-state index contributed by atoms with van der Waals surface area (Å²) in [6.45, 7) is 0.706. The van der Waals surface area contributed by atoms with Crippen LogP contribution in [-0.4, -0.2) is 36.6 Å². The van der Waals surface area contributed by atoms with E-state index in [0.717, 1.165) is 6.42 Å². The predicted molar refractivity (Wildman–Crippen MR) is 63.1 cm³/mol. The van der Waals surface area contributed by atoms with Crippen molar-refractivity contribution >= 4 is 5.97 Å². The van der Waals surface area contributed by atoms with Gasteiger partial charge < -0.3 is 4.74 Å². The van der Waals surface area contributed by atoms with Crippen LogP contribution in [0.4, 0.5) is 0 Å². The van der Waals surface area contributed by atoms with E-state index >= 15 is 0 Å². The fourth-order valence-electron chi connectivity index (χ4n) is 3.42. The van der Waals surface area contributed by atoms with Crippen molar-refractivity contribution in [2.45, 2.75) is 50.6 Å². The first kappa shape index (κ1) is 12.4. The normalized spacial score (nSPS) is 32.8. The third kappa shape index (κ3) is 2.44. The zero-order chi connectivity index (χ0) is 12.3. The Labute approximate surface area is 103 Å². The minimum atomic E-state index is -0.127. The van der Waals surface area contributed by atoms with E-state index in [1.807, 2.05) is 0 Å². The summed E-state index contributed by atoms with van der Waals surface area (Å²) in [5.74, 6) is 0.504. The zero-order valence-electron chi connectivity index (χ0n) is 10.4. The van der Waals surface area contributed by atoms with Crippen LogP contribution in [0.15, 0.2) is 0 Å². The fraction of sp³-hybridized carbons (Fsp3) is 0.846. The SMILES string of the molecule is COC(=O)C1CC2CCCCC2N1CCC#N. The van der Waals surface area contributed by atoms with Crippen LogP contribution in [0.2, 0.25) is 0 Å². The Morgan fingerprint density at radius 3 is 2.94 bits per heavy atom. The number of ether oxygens (including phenoxy) is 1. The van der Waals surface area contributed by atoms with Gasteiger partial charge in [0.25, 0.3) is 0 Å². The van der Waals surface area contributed by atoms with Gasteiger partial charge in [0.2, 0.25) is 0 Å². The zero-order valence-corrected chi connectivity index (χ0v) is 10.4. The second-order valence-electron chi connectivity index (χ2n) is 5.03. The highest BCUT2D eigenvalue weighted by molar-refractivity contribution is 5.76. The van der Waals surface area contributed by atoms with Crippen molar-refractivity contribution < 1.29 is 9.53 Å². The van der Waals surface area contributed by atoms with Crippen LogP contribution in [0.1, 0.15) is 38.5 Å². The van der Waals surface area contributed by atoms with Gasteiger partial charge in [0.15, 0.2) is 0 Å². The Balaban J connectivity index is 2.09. The highest BCUT2D eigenvalue weighted by Gasteiger charge is 2.45. The molecule has 2 rings (SSSR count). The lowest BCUT2D eigenvalue weighted by Gasteiger charge is -2.32. The number of carbonyl (C=O) groups is 1. The summed E-state index contributed by atoms with van der Waals surface area (Å²) in [5.41, 5.74) is 0. The molecule has 0 amide bonds. The van der Waals surface area contributed by atoms with Crippen LogP contribution in [0.5, 0.6) is 0 Å². The van der Waals surface area contributed by atoms with Gasteiger partial charge in [-0.2, -0.15) is 5.26 Å². The topological polar surface area (TPSA) is 53.3 Å². The minimum Gasteiger partial charge on any atom is -0.468 e. The maximum absolute atomic E-state index is 11.8. The lowest BCUT2D eigenvalue weighted by atomic mass is 9.85. The Hall–Kier alpha value is -1.08. The van der Waals surface area contributed by atoms with Crippen molar-refractivity contribution in [1.29, 1.82) is 5.26 Å². The lowest BCUT2D eigenvalue weighted by molar-refractivity contribution is -0.146. The average Bonchev–Trinajstić information content (AvgIpc) is 2.74. The summed E-state index contributed by atoms with van der Waals surface area (Å²) in [6.07, 6.45) is 6.34. The maximum atomic E-state index is 11.8. The fourth-order valence-corrected chi connectivity index (χ4v) is 3.42. The molecule has 0 aromatic carbocycles. The molecule has 0 radical (unpaired) electrons. The van der Waals surface area contributed by atoms with Crippen LogP contribution in [-0.2, 0) is 9.53 Å². The number of rotatable bonds is 3. The molecule has 0 bridgehead atoms. The molecule has 0 N–H and O–H groups in total. The number of hydrogen-bond donors (Lipinski definition) is 0. The molecule has 1 aliphatic carbocycles. The number of likely N-dealkylation sites (tertiary alicyclic amines) is 1. The molecule has 1 heterocycles. The predicted octanol–water partition coefficient (Wildman–Crippen LogP) is 1.71. The van der Waals surface area contributed by atoms with Gasteiger partial charge in [0, 0.05) is 19.0 Å². The molecule has 1 saturated carbocycles. The Kier molecular flexibility index (Phi) is 4.01. The summed E-state index contributed by atoms with van der Waals surface area (Å²) in [6, 6.07) is 2.57. The average molecular weight is 236 g/mol. The third-order valence-electron chi connectivity index (χ3n) is 4.18. The van der Waals surface area contributed by atoms with Crippen molar-refractivity contribution in [3.8, 4) is 6.07 Å². The van der Waals surface area contributed by atoms with Gasteiger partial charge in [-0.3, -0.25) is 9.69 Å². The minimum absolute atomic E-state index is 0.110. The molecular formula is C13H20N2O2. The first-order valence-electron chi connectivity index (χ1n) is 6.48. The standard InChI is InChI=1S/C13H20N2O2/c1-17-13(16)12-9-10-5-2-3-6-11(10)15(12)8-4-7-14/h10-12H,2-6,8-9H2,1H3. The molecule has 0 spiro atoms. The van der Waals surface area contributed by atoms with E-state index in [1.54, 1.807) is 0 Å². The van der Waals surface area contributed by atoms with E-state index in [4.69, 9.17) is 10.00 Å². The molecule has 4 heteroatoms. The van der Waals surface area contributed by atoms with E-state index in [0.29, 0.717) is 24.9 Å².